The summed E-state index contributed by atoms with van der Waals surface area (Å²) in [6.07, 6.45) is 0.160. The predicted octanol–water partition coefficient (Wildman–Crippen LogP) is 0.964. The zero-order valence-corrected chi connectivity index (χ0v) is 7.64. The molecule has 0 aromatic carbocycles. The molecule has 0 radical (unpaired) electrons. The molecule has 0 spiro atoms. The lowest BCUT2D eigenvalue weighted by molar-refractivity contribution is -0.0473. The number of aromatic nitrogens is 1. The van der Waals surface area contributed by atoms with Crippen molar-refractivity contribution < 1.29 is 23.8 Å². The van der Waals surface area contributed by atoms with Crippen LogP contribution in [0.1, 0.15) is 22.3 Å². The number of hydrogen-bond acceptors (Lipinski definition) is 4. The fourth-order valence-electron chi connectivity index (χ4n) is 1.28. The van der Waals surface area contributed by atoms with Crippen LogP contribution in [0.4, 0.5) is 4.39 Å². The zero-order chi connectivity index (χ0) is 10.8. The van der Waals surface area contributed by atoms with E-state index >= 15 is 0 Å². The average Bonchev–Trinajstić information content (AvgIpc) is 2.71. The number of hydrogen-bond donors (Lipinski definition) is 1. The largest absolute Gasteiger partial charge is 0.478 e. The molecule has 0 bridgehead atoms. The standard InChI is InChI=1S/C9H8FNO4/c10-6-4-11-7(3-5(6)8(12)13)9-14-1-2-15-9/h3-4,9H,1-2H2,(H,12,13). The lowest BCUT2D eigenvalue weighted by Gasteiger charge is -2.08. The normalized spacial score (nSPS) is 16.9. The molecule has 1 N–H and O–H groups in total. The van der Waals surface area contributed by atoms with Gasteiger partial charge in [-0.05, 0) is 6.07 Å². The second kappa shape index (κ2) is 3.92. The summed E-state index contributed by atoms with van der Waals surface area (Å²) in [6.45, 7) is 0.845. The number of nitrogens with zero attached hydrogens (tertiary/aromatic N) is 1. The summed E-state index contributed by atoms with van der Waals surface area (Å²) < 4.78 is 23.2. The van der Waals surface area contributed by atoms with Crippen LogP contribution in [0.15, 0.2) is 12.3 Å². The van der Waals surface area contributed by atoms with Crippen molar-refractivity contribution in [3.05, 3.63) is 29.3 Å². The minimum Gasteiger partial charge on any atom is -0.478 e. The Bertz CT molecular complexity index is 390. The van der Waals surface area contributed by atoms with Gasteiger partial charge in [-0.2, -0.15) is 0 Å². The SMILES string of the molecule is O=C(O)c1cc(C2OCCO2)ncc1F. The highest BCUT2D eigenvalue weighted by atomic mass is 19.1. The molecule has 0 saturated carbocycles. The van der Waals surface area contributed by atoms with E-state index in [9.17, 15) is 9.18 Å². The van der Waals surface area contributed by atoms with Crippen molar-refractivity contribution >= 4 is 5.97 Å². The molecule has 6 heteroatoms. The molecule has 1 aliphatic rings. The number of pyridine rings is 1. The van der Waals surface area contributed by atoms with Crippen LogP contribution in [0.5, 0.6) is 0 Å². The van der Waals surface area contributed by atoms with Gasteiger partial charge in [0.15, 0.2) is 5.82 Å². The van der Waals surface area contributed by atoms with Gasteiger partial charge in [0.1, 0.15) is 0 Å². The Morgan fingerprint density at radius 3 is 2.80 bits per heavy atom. The molecule has 15 heavy (non-hydrogen) atoms. The third kappa shape index (κ3) is 1.95. The summed E-state index contributed by atoms with van der Waals surface area (Å²) >= 11 is 0. The number of carboxylic acid groups (broad SMARTS) is 1. The van der Waals surface area contributed by atoms with Crippen molar-refractivity contribution in [1.82, 2.24) is 4.98 Å². The Morgan fingerprint density at radius 2 is 2.20 bits per heavy atom. The molecular weight excluding hydrogens is 205 g/mol. The number of rotatable bonds is 2. The van der Waals surface area contributed by atoms with Crippen molar-refractivity contribution in [2.24, 2.45) is 0 Å². The van der Waals surface area contributed by atoms with Crippen LogP contribution in [0.2, 0.25) is 0 Å². The first-order chi connectivity index (χ1) is 7.18. The lowest BCUT2D eigenvalue weighted by Crippen LogP contribution is -2.07. The van der Waals surface area contributed by atoms with Crippen molar-refractivity contribution in [2.75, 3.05) is 13.2 Å². The Hall–Kier alpha value is -1.53. The molecule has 1 fully saturated rings. The fourth-order valence-corrected chi connectivity index (χ4v) is 1.28. The van der Waals surface area contributed by atoms with Crippen molar-refractivity contribution in [3.8, 4) is 0 Å². The second-order valence-electron chi connectivity index (χ2n) is 2.97. The van der Waals surface area contributed by atoms with E-state index in [1.807, 2.05) is 0 Å². The molecule has 2 rings (SSSR count). The molecule has 2 heterocycles. The van der Waals surface area contributed by atoms with E-state index in [1.165, 1.54) is 0 Å². The first kappa shape index (κ1) is 10.0. The number of aromatic carboxylic acids is 1. The number of halogens is 1. The third-order valence-corrected chi connectivity index (χ3v) is 1.97. The van der Waals surface area contributed by atoms with E-state index in [4.69, 9.17) is 14.6 Å². The highest BCUT2D eigenvalue weighted by Gasteiger charge is 2.22. The molecule has 1 aliphatic heterocycles. The highest BCUT2D eigenvalue weighted by Crippen LogP contribution is 2.22. The first-order valence-corrected chi connectivity index (χ1v) is 4.30. The minimum atomic E-state index is -1.34. The summed E-state index contributed by atoms with van der Waals surface area (Å²) in [5, 5.41) is 8.68. The highest BCUT2D eigenvalue weighted by molar-refractivity contribution is 5.87. The van der Waals surface area contributed by atoms with Crippen LogP contribution < -0.4 is 0 Å². The first-order valence-electron chi connectivity index (χ1n) is 4.30. The maximum absolute atomic E-state index is 13.0. The Kier molecular flexibility index (Phi) is 2.61. The second-order valence-corrected chi connectivity index (χ2v) is 2.97. The van der Waals surface area contributed by atoms with Gasteiger partial charge in [0.25, 0.3) is 0 Å². The monoisotopic (exact) mass is 213 g/mol. The Labute approximate surface area is 84.5 Å². The van der Waals surface area contributed by atoms with Gasteiger partial charge in [-0.3, -0.25) is 4.98 Å². The maximum Gasteiger partial charge on any atom is 0.338 e. The Balaban J connectivity index is 2.33. The molecule has 1 aromatic heterocycles. The van der Waals surface area contributed by atoms with E-state index in [0.29, 0.717) is 13.2 Å². The van der Waals surface area contributed by atoms with Gasteiger partial charge in [-0.1, -0.05) is 0 Å². The minimum absolute atomic E-state index is 0.270. The van der Waals surface area contributed by atoms with Crippen LogP contribution in [-0.2, 0) is 9.47 Å². The van der Waals surface area contributed by atoms with Crippen molar-refractivity contribution in [1.29, 1.82) is 0 Å². The molecule has 1 saturated heterocycles. The molecule has 0 aliphatic carbocycles. The lowest BCUT2D eigenvalue weighted by atomic mass is 10.2. The maximum atomic E-state index is 13.0. The zero-order valence-electron chi connectivity index (χ0n) is 7.64. The van der Waals surface area contributed by atoms with E-state index in [2.05, 4.69) is 4.98 Å². The van der Waals surface area contributed by atoms with E-state index in [0.717, 1.165) is 12.3 Å². The summed E-state index contributed by atoms with van der Waals surface area (Å²) in [5.41, 5.74) is -0.162. The van der Waals surface area contributed by atoms with Gasteiger partial charge in [0.05, 0.1) is 30.7 Å². The molecule has 0 unspecified atom stereocenters. The molecule has 1 aromatic rings. The van der Waals surface area contributed by atoms with Crippen molar-refractivity contribution in [3.63, 3.8) is 0 Å². The molecule has 80 valence electrons. The van der Waals surface area contributed by atoms with E-state index in [1.54, 1.807) is 0 Å². The van der Waals surface area contributed by atoms with Gasteiger partial charge >= 0.3 is 5.97 Å². The van der Waals surface area contributed by atoms with Crippen LogP contribution in [-0.4, -0.2) is 29.3 Å². The molecule has 5 nitrogen and oxygen atoms in total. The molecule has 0 amide bonds. The summed E-state index contributed by atoms with van der Waals surface area (Å²) in [5.74, 6) is -2.21. The fraction of sp³-hybridized carbons (Fsp3) is 0.333. The van der Waals surface area contributed by atoms with Gasteiger partial charge in [0, 0.05) is 0 Å². The van der Waals surface area contributed by atoms with Gasteiger partial charge < -0.3 is 14.6 Å². The van der Waals surface area contributed by atoms with Crippen LogP contribution in [0.25, 0.3) is 0 Å². The van der Waals surface area contributed by atoms with Crippen LogP contribution >= 0.6 is 0 Å². The van der Waals surface area contributed by atoms with Crippen molar-refractivity contribution in [2.45, 2.75) is 6.29 Å². The smallest absolute Gasteiger partial charge is 0.338 e. The van der Waals surface area contributed by atoms with Gasteiger partial charge in [-0.25, -0.2) is 9.18 Å². The third-order valence-electron chi connectivity index (χ3n) is 1.97. The van der Waals surface area contributed by atoms with Gasteiger partial charge in [-0.15, -0.1) is 0 Å². The predicted molar refractivity (Wildman–Crippen MR) is 45.8 cm³/mol. The summed E-state index contributed by atoms with van der Waals surface area (Å²) in [7, 11) is 0. The molecule has 0 atom stereocenters. The number of carboxylic acids is 1. The van der Waals surface area contributed by atoms with E-state index in [-0.39, 0.29) is 5.69 Å². The van der Waals surface area contributed by atoms with Crippen LogP contribution in [0.3, 0.4) is 0 Å². The van der Waals surface area contributed by atoms with Gasteiger partial charge in [0.2, 0.25) is 6.29 Å². The quantitative estimate of drug-likeness (QED) is 0.792. The Morgan fingerprint density at radius 1 is 1.53 bits per heavy atom. The topological polar surface area (TPSA) is 68.7 Å². The average molecular weight is 213 g/mol. The molecular formula is C9H8FNO4. The summed E-state index contributed by atoms with van der Waals surface area (Å²) in [4.78, 5) is 14.4. The number of carbonyl (C=O) groups is 1. The summed E-state index contributed by atoms with van der Waals surface area (Å²) in [6, 6.07) is 1.12. The number of ether oxygens (including phenoxy) is 2. The van der Waals surface area contributed by atoms with Crippen LogP contribution in [0, 0.1) is 5.82 Å². The van der Waals surface area contributed by atoms with E-state index < -0.39 is 23.6 Å².